The molecule has 1 aromatic heterocycles. The first-order chi connectivity index (χ1) is 13.6. The minimum atomic E-state index is -0.130. The van der Waals surface area contributed by atoms with E-state index in [1.54, 1.807) is 15.8 Å². The Kier molecular flexibility index (Phi) is 5.10. The molecule has 1 saturated heterocycles. The minimum absolute atomic E-state index is 0.130. The highest BCUT2D eigenvalue weighted by atomic mass is 16.2. The molecule has 0 atom stereocenters. The molecule has 0 saturated carbocycles. The van der Waals surface area contributed by atoms with E-state index in [2.05, 4.69) is 33.4 Å². The predicted molar refractivity (Wildman–Crippen MR) is 110 cm³/mol. The van der Waals surface area contributed by atoms with Gasteiger partial charge in [-0.2, -0.15) is 0 Å². The van der Waals surface area contributed by atoms with Crippen LogP contribution in [0.25, 0.3) is 5.69 Å². The monoisotopic (exact) mass is 375 g/mol. The van der Waals surface area contributed by atoms with E-state index in [9.17, 15) is 4.79 Å². The quantitative estimate of drug-likeness (QED) is 0.685. The molecule has 0 N–H and O–H groups in total. The van der Waals surface area contributed by atoms with Gasteiger partial charge in [-0.1, -0.05) is 41.1 Å². The molecule has 1 aliphatic heterocycles. The molecule has 0 radical (unpaired) electrons. The highest BCUT2D eigenvalue weighted by Crippen LogP contribution is 2.25. The lowest BCUT2D eigenvalue weighted by molar-refractivity contribution is 0.0779. The molecule has 0 bridgehead atoms. The van der Waals surface area contributed by atoms with Crippen LogP contribution in [0.5, 0.6) is 0 Å². The maximum atomic E-state index is 12.9. The molecule has 6 nitrogen and oxygen atoms in total. The van der Waals surface area contributed by atoms with Crippen molar-refractivity contribution in [1.82, 2.24) is 19.9 Å². The van der Waals surface area contributed by atoms with Crippen molar-refractivity contribution >= 4 is 11.6 Å². The number of nitrogens with zero attached hydrogens (tertiary/aromatic N) is 5. The number of amides is 1. The van der Waals surface area contributed by atoms with E-state index < -0.39 is 0 Å². The van der Waals surface area contributed by atoms with Gasteiger partial charge in [0.25, 0.3) is 5.91 Å². The normalized spacial score (nSPS) is 13.7. The molecule has 2 heterocycles. The van der Waals surface area contributed by atoms with E-state index in [1.165, 1.54) is 24.1 Å². The Morgan fingerprint density at radius 2 is 1.79 bits per heavy atom. The van der Waals surface area contributed by atoms with E-state index in [4.69, 9.17) is 0 Å². The summed E-state index contributed by atoms with van der Waals surface area (Å²) >= 11 is 0. The largest absolute Gasteiger partial charge is 0.371 e. The first-order valence-corrected chi connectivity index (χ1v) is 9.69. The van der Waals surface area contributed by atoms with Gasteiger partial charge in [0.05, 0.1) is 11.9 Å². The summed E-state index contributed by atoms with van der Waals surface area (Å²) in [5, 5.41) is 8.21. The number of carbonyl (C=O) groups excluding carboxylic acids is 1. The lowest BCUT2D eigenvalue weighted by Crippen LogP contribution is -2.28. The van der Waals surface area contributed by atoms with Gasteiger partial charge in [-0.15, -0.1) is 5.10 Å². The van der Waals surface area contributed by atoms with Gasteiger partial charge in [0.15, 0.2) is 5.69 Å². The Bertz CT molecular complexity index is 957. The van der Waals surface area contributed by atoms with E-state index in [0.717, 1.165) is 24.3 Å². The van der Waals surface area contributed by atoms with Crippen molar-refractivity contribution in [3.05, 3.63) is 71.5 Å². The van der Waals surface area contributed by atoms with Crippen LogP contribution in [0.2, 0.25) is 0 Å². The summed E-state index contributed by atoms with van der Waals surface area (Å²) in [6.07, 6.45) is 4.15. The molecular weight excluding hydrogens is 350 g/mol. The second kappa shape index (κ2) is 7.84. The molecule has 1 amide bonds. The zero-order valence-electron chi connectivity index (χ0n) is 16.4. The van der Waals surface area contributed by atoms with Crippen LogP contribution in [0.4, 0.5) is 5.69 Å². The number of aryl methyl sites for hydroxylation is 1. The zero-order chi connectivity index (χ0) is 19.5. The van der Waals surface area contributed by atoms with Gasteiger partial charge in [-0.25, -0.2) is 4.68 Å². The lowest BCUT2D eigenvalue weighted by Gasteiger charge is -2.24. The van der Waals surface area contributed by atoms with E-state index in [-0.39, 0.29) is 5.91 Å². The highest BCUT2D eigenvalue weighted by Gasteiger charge is 2.20. The molecule has 1 aliphatic rings. The summed E-state index contributed by atoms with van der Waals surface area (Å²) in [4.78, 5) is 17.0. The molecular formula is C22H25N5O. The Hall–Kier alpha value is -3.15. The van der Waals surface area contributed by atoms with Crippen molar-refractivity contribution in [3.8, 4) is 5.69 Å². The van der Waals surface area contributed by atoms with Crippen LogP contribution in [0.3, 0.4) is 0 Å². The Morgan fingerprint density at radius 1 is 1.07 bits per heavy atom. The summed E-state index contributed by atoms with van der Waals surface area (Å²) < 4.78 is 1.64. The molecule has 6 heteroatoms. The summed E-state index contributed by atoms with van der Waals surface area (Å²) in [5.74, 6) is -0.130. The molecule has 28 heavy (non-hydrogen) atoms. The first kappa shape index (κ1) is 18.2. The van der Waals surface area contributed by atoms with Gasteiger partial charge in [0.1, 0.15) is 0 Å². The standard InChI is InChI=1S/C22H25N5O/c1-17-9-11-19(12-10-17)27-16-20(23-24-27)22(28)25(2)15-18-7-3-4-8-21(18)26-13-5-6-14-26/h3-4,7-12,16H,5-6,13-15H2,1-2H3. The first-order valence-electron chi connectivity index (χ1n) is 9.69. The smallest absolute Gasteiger partial charge is 0.276 e. The Balaban J connectivity index is 1.49. The topological polar surface area (TPSA) is 54.3 Å². The Morgan fingerprint density at radius 3 is 2.54 bits per heavy atom. The number of rotatable bonds is 5. The second-order valence-corrected chi connectivity index (χ2v) is 7.37. The van der Waals surface area contributed by atoms with Crippen LogP contribution in [0.1, 0.15) is 34.5 Å². The van der Waals surface area contributed by atoms with E-state index >= 15 is 0 Å². The summed E-state index contributed by atoms with van der Waals surface area (Å²) in [5.41, 5.74) is 4.80. The number of anilines is 1. The summed E-state index contributed by atoms with van der Waals surface area (Å²) in [6, 6.07) is 16.3. The number of hydrogen-bond donors (Lipinski definition) is 0. The van der Waals surface area contributed by atoms with Gasteiger partial charge in [0.2, 0.25) is 0 Å². The molecule has 0 aliphatic carbocycles. The third-order valence-electron chi connectivity index (χ3n) is 5.20. The average molecular weight is 375 g/mol. The average Bonchev–Trinajstić information content (AvgIpc) is 3.41. The van der Waals surface area contributed by atoms with Gasteiger partial charge >= 0.3 is 0 Å². The van der Waals surface area contributed by atoms with E-state index in [0.29, 0.717) is 12.2 Å². The second-order valence-electron chi connectivity index (χ2n) is 7.37. The predicted octanol–water partition coefficient (Wildman–Crippen LogP) is 3.45. The molecule has 4 rings (SSSR count). The molecule has 144 valence electrons. The van der Waals surface area contributed by atoms with Crippen LogP contribution < -0.4 is 4.90 Å². The molecule has 3 aromatic rings. The van der Waals surface area contributed by atoms with Crippen molar-refractivity contribution in [2.45, 2.75) is 26.3 Å². The number of benzene rings is 2. The van der Waals surface area contributed by atoms with Gasteiger partial charge < -0.3 is 9.80 Å². The zero-order valence-corrected chi connectivity index (χ0v) is 16.4. The maximum Gasteiger partial charge on any atom is 0.276 e. The van der Waals surface area contributed by atoms with Gasteiger partial charge in [-0.3, -0.25) is 4.79 Å². The fourth-order valence-electron chi connectivity index (χ4n) is 3.62. The van der Waals surface area contributed by atoms with Crippen LogP contribution in [-0.2, 0) is 6.54 Å². The summed E-state index contributed by atoms with van der Waals surface area (Å²) in [6.45, 7) is 4.75. The summed E-state index contributed by atoms with van der Waals surface area (Å²) in [7, 11) is 1.81. The third kappa shape index (κ3) is 3.76. The van der Waals surface area contributed by atoms with Crippen LogP contribution in [-0.4, -0.2) is 45.9 Å². The number of aromatic nitrogens is 3. The van der Waals surface area contributed by atoms with Crippen molar-refractivity contribution in [2.75, 3.05) is 25.0 Å². The number of para-hydroxylation sites is 1. The molecule has 1 fully saturated rings. The van der Waals surface area contributed by atoms with Crippen LogP contribution in [0.15, 0.2) is 54.7 Å². The van der Waals surface area contributed by atoms with Crippen molar-refractivity contribution in [2.24, 2.45) is 0 Å². The molecule has 2 aromatic carbocycles. The van der Waals surface area contributed by atoms with Crippen molar-refractivity contribution < 1.29 is 4.79 Å². The van der Waals surface area contributed by atoms with Crippen molar-refractivity contribution in [3.63, 3.8) is 0 Å². The van der Waals surface area contributed by atoms with Crippen LogP contribution in [0, 0.1) is 6.92 Å². The maximum absolute atomic E-state index is 12.9. The molecule has 0 unspecified atom stereocenters. The molecule has 0 spiro atoms. The number of carbonyl (C=O) groups is 1. The fraction of sp³-hybridized carbons (Fsp3) is 0.318. The van der Waals surface area contributed by atoms with Crippen molar-refractivity contribution in [1.29, 1.82) is 0 Å². The lowest BCUT2D eigenvalue weighted by atomic mass is 10.1. The third-order valence-corrected chi connectivity index (χ3v) is 5.20. The van der Waals surface area contributed by atoms with Gasteiger partial charge in [0, 0.05) is 32.4 Å². The number of hydrogen-bond acceptors (Lipinski definition) is 4. The fourth-order valence-corrected chi connectivity index (χ4v) is 3.62. The van der Waals surface area contributed by atoms with Crippen LogP contribution >= 0.6 is 0 Å². The minimum Gasteiger partial charge on any atom is -0.371 e. The van der Waals surface area contributed by atoms with E-state index in [1.807, 2.05) is 44.3 Å². The van der Waals surface area contributed by atoms with Gasteiger partial charge in [-0.05, 0) is 43.5 Å². The highest BCUT2D eigenvalue weighted by molar-refractivity contribution is 5.91. The Labute approximate surface area is 165 Å². The SMILES string of the molecule is Cc1ccc(-n2cc(C(=O)N(C)Cc3ccccc3N3CCCC3)nn2)cc1.